The van der Waals surface area contributed by atoms with E-state index in [9.17, 15) is 9.59 Å². The van der Waals surface area contributed by atoms with Crippen LogP contribution in [0.2, 0.25) is 5.02 Å². The molecule has 1 heterocycles. The van der Waals surface area contributed by atoms with Crippen LogP contribution < -0.4 is 10.1 Å². The molecule has 33 heavy (non-hydrogen) atoms. The fraction of sp³-hybridized carbons (Fsp3) is 0.400. The van der Waals surface area contributed by atoms with E-state index >= 15 is 0 Å². The van der Waals surface area contributed by atoms with E-state index in [2.05, 4.69) is 17.2 Å². The average Bonchev–Trinajstić information content (AvgIpc) is 3.05. The van der Waals surface area contributed by atoms with Gasteiger partial charge in [0.2, 0.25) is 11.8 Å². The number of amidine groups is 1. The molecule has 0 aromatic heterocycles. The lowest BCUT2D eigenvalue weighted by molar-refractivity contribution is -0.127. The van der Waals surface area contributed by atoms with E-state index < -0.39 is 5.25 Å². The number of hydrogen-bond acceptors (Lipinski definition) is 5. The second-order valence-electron chi connectivity index (χ2n) is 8.02. The van der Waals surface area contributed by atoms with Gasteiger partial charge in [-0.2, -0.15) is 0 Å². The van der Waals surface area contributed by atoms with Crippen LogP contribution in [0.25, 0.3) is 0 Å². The molecule has 2 amide bonds. The van der Waals surface area contributed by atoms with Crippen LogP contribution in [-0.2, 0) is 9.59 Å². The molecule has 1 N–H and O–H groups in total. The van der Waals surface area contributed by atoms with E-state index in [1.807, 2.05) is 43.3 Å². The van der Waals surface area contributed by atoms with E-state index in [4.69, 9.17) is 16.3 Å². The van der Waals surface area contributed by atoms with Crippen molar-refractivity contribution in [1.29, 1.82) is 0 Å². The number of carbonyl (C=O) groups is 2. The molecular formula is C25H30ClN3O3S. The highest BCUT2D eigenvalue weighted by atomic mass is 35.5. The standard InChI is InChI=1S/C25H30ClN3O3S/c1-4-5-6-7-14-32-20-12-10-18(11-13-20)27-23(30)16-22-24(31)29(3)25(33-22)28-19-9-8-17(2)21(26)15-19/h8-13,15,22H,4-7,14,16H2,1-3H3,(H,27,30)/t22-/m0/s1. The van der Waals surface area contributed by atoms with Crippen LogP contribution >= 0.6 is 23.4 Å². The second-order valence-corrected chi connectivity index (χ2v) is 9.59. The number of hydrogen-bond donors (Lipinski definition) is 1. The van der Waals surface area contributed by atoms with Crippen LogP contribution in [0.1, 0.15) is 44.6 Å². The first-order chi connectivity index (χ1) is 15.9. The molecule has 0 spiro atoms. The largest absolute Gasteiger partial charge is 0.494 e. The lowest BCUT2D eigenvalue weighted by Gasteiger charge is -2.10. The van der Waals surface area contributed by atoms with Crippen molar-refractivity contribution in [1.82, 2.24) is 4.90 Å². The zero-order chi connectivity index (χ0) is 23.8. The number of rotatable bonds is 10. The van der Waals surface area contributed by atoms with Crippen molar-refractivity contribution in [3.63, 3.8) is 0 Å². The van der Waals surface area contributed by atoms with E-state index in [0.29, 0.717) is 28.2 Å². The molecule has 2 aromatic carbocycles. The maximum atomic E-state index is 12.6. The van der Waals surface area contributed by atoms with Crippen LogP contribution in [0.4, 0.5) is 11.4 Å². The fourth-order valence-electron chi connectivity index (χ4n) is 3.29. The maximum absolute atomic E-state index is 12.6. The number of benzene rings is 2. The summed E-state index contributed by atoms with van der Waals surface area (Å²) in [5, 5.41) is 3.52. The van der Waals surface area contributed by atoms with Gasteiger partial charge >= 0.3 is 0 Å². The van der Waals surface area contributed by atoms with Crippen LogP contribution in [0, 0.1) is 6.92 Å². The van der Waals surface area contributed by atoms with Gasteiger partial charge in [0.25, 0.3) is 0 Å². The predicted octanol–water partition coefficient (Wildman–Crippen LogP) is 6.20. The molecule has 0 radical (unpaired) electrons. The van der Waals surface area contributed by atoms with Gasteiger partial charge in [-0.05, 0) is 55.3 Å². The third-order valence-electron chi connectivity index (χ3n) is 5.30. The van der Waals surface area contributed by atoms with Gasteiger partial charge in [-0.1, -0.05) is 55.6 Å². The van der Waals surface area contributed by atoms with E-state index in [1.165, 1.54) is 35.9 Å². The predicted molar refractivity (Wildman–Crippen MR) is 137 cm³/mol. The molecule has 0 unspecified atom stereocenters. The SMILES string of the molecule is CCCCCCOc1ccc(NC(=O)C[C@@H]2SC(=Nc3ccc(C)c(Cl)c3)N(C)C2=O)cc1. The Bertz CT molecular complexity index is 1010. The minimum Gasteiger partial charge on any atom is -0.494 e. The molecule has 1 aliphatic rings. The summed E-state index contributed by atoms with van der Waals surface area (Å²) in [7, 11) is 1.67. The smallest absolute Gasteiger partial charge is 0.242 e. The molecule has 1 atom stereocenters. The van der Waals surface area contributed by atoms with Crippen LogP contribution in [0.5, 0.6) is 5.75 Å². The highest BCUT2D eigenvalue weighted by Crippen LogP contribution is 2.32. The summed E-state index contributed by atoms with van der Waals surface area (Å²) in [5.74, 6) is 0.422. The van der Waals surface area contributed by atoms with E-state index in [1.54, 1.807) is 13.1 Å². The normalized spacial score (nSPS) is 17.0. The van der Waals surface area contributed by atoms with Crippen LogP contribution in [-0.4, -0.2) is 40.8 Å². The molecule has 176 valence electrons. The molecule has 0 bridgehead atoms. The van der Waals surface area contributed by atoms with Crippen molar-refractivity contribution in [3.05, 3.63) is 53.1 Å². The fourth-order valence-corrected chi connectivity index (χ4v) is 4.62. The van der Waals surface area contributed by atoms with Gasteiger partial charge in [-0.15, -0.1) is 0 Å². The molecule has 2 aromatic rings. The minimum atomic E-state index is -0.514. The quantitative estimate of drug-likeness (QED) is 0.405. The second kappa shape index (κ2) is 12.1. The molecule has 0 saturated carbocycles. The lowest BCUT2D eigenvalue weighted by atomic mass is 10.2. The summed E-state index contributed by atoms with van der Waals surface area (Å²) in [5.41, 5.74) is 2.31. The Morgan fingerprint density at radius 1 is 1.18 bits per heavy atom. The summed E-state index contributed by atoms with van der Waals surface area (Å²) in [6.07, 6.45) is 4.70. The Morgan fingerprint density at radius 3 is 2.64 bits per heavy atom. The Balaban J connectivity index is 1.52. The highest BCUT2D eigenvalue weighted by Gasteiger charge is 2.37. The Kier molecular flexibility index (Phi) is 9.21. The number of carbonyl (C=O) groups excluding carboxylic acids is 2. The summed E-state index contributed by atoms with van der Waals surface area (Å²) in [6.45, 7) is 4.80. The summed E-state index contributed by atoms with van der Waals surface area (Å²) in [4.78, 5) is 31.2. The molecule has 8 heteroatoms. The van der Waals surface area contributed by atoms with Gasteiger partial charge in [0, 0.05) is 24.2 Å². The van der Waals surface area contributed by atoms with Gasteiger partial charge in [0.15, 0.2) is 5.17 Å². The van der Waals surface area contributed by atoms with Crippen molar-refractivity contribution in [2.24, 2.45) is 4.99 Å². The zero-order valence-corrected chi connectivity index (χ0v) is 20.8. The number of unbranched alkanes of at least 4 members (excludes halogenated alkanes) is 3. The number of anilines is 1. The molecular weight excluding hydrogens is 458 g/mol. The number of halogens is 1. The van der Waals surface area contributed by atoms with E-state index in [-0.39, 0.29) is 18.2 Å². The van der Waals surface area contributed by atoms with Gasteiger partial charge in [-0.25, -0.2) is 4.99 Å². The first kappa shape index (κ1) is 25.1. The van der Waals surface area contributed by atoms with Gasteiger partial charge < -0.3 is 10.1 Å². The van der Waals surface area contributed by atoms with Gasteiger partial charge in [-0.3, -0.25) is 14.5 Å². The molecule has 1 fully saturated rings. The third-order valence-corrected chi connectivity index (χ3v) is 6.93. The monoisotopic (exact) mass is 487 g/mol. The summed E-state index contributed by atoms with van der Waals surface area (Å²) < 4.78 is 5.73. The van der Waals surface area contributed by atoms with Crippen LogP contribution in [0.3, 0.4) is 0 Å². The maximum Gasteiger partial charge on any atom is 0.242 e. The third kappa shape index (κ3) is 7.24. The topological polar surface area (TPSA) is 71.0 Å². The Morgan fingerprint density at radius 2 is 1.94 bits per heavy atom. The molecule has 6 nitrogen and oxygen atoms in total. The summed E-state index contributed by atoms with van der Waals surface area (Å²) in [6, 6.07) is 12.8. The molecule has 0 aliphatic carbocycles. The van der Waals surface area contributed by atoms with Crippen molar-refractivity contribution in [3.8, 4) is 5.75 Å². The van der Waals surface area contributed by atoms with Crippen molar-refractivity contribution >= 4 is 51.7 Å². The number of nitrogens with zero attached hydrogens (tertiary/aromatic N) is 2. The van der Waals surface area contributed by atoms with Crippen molar-refractivity contribution in [2.45, 2.75) is 51.2 Å². The lowest BCUT2D eigenvalue weighted by Crippen LogP contribution is -2.30. The average molecular weight is 488 g/mol. The molecule has 1 saturated heterocycles. The number of amides is 2. The zero-order valence-electron chi connectivity index (χ0n) is 19.3. The van der Waals surface area contributed by atoms with Gasteiger partial charge in [0.1, 0.15) is 11.0 Å². The van der Waals surface area contributed by atoms with E-state index in [0.717, 1.165) is 17.7 Å². The van der Waals surface area contributed by atoms with Crippen molar-refractivity contribution in [2.75, 3.05) is 19.0 Å². The Hall–Kier alpha value is -2.51. The molecule has 1 aliphatic heterocycles. The van der Waals surface area contributed by atoms with Gasteiger partial charge in [0.05, 0.1) is 12.3 Å². The number of aliphatic imine (C=N–C) groups is 1. The number of nitrogens with one attached hydrogen (secondary N) is 1. The highest BCUT2D eigenvalue weighted by molar-refractivity contribution is 8.15. The Labute approximate surface area is 204 Å². The van der Waals surface area contributed by atoms with Crippen LogP contribution in [0.15, 0.2) is 47.5 Å². The molecule has 3 rings (SSSR count). The number of thioether (sulfide) groups is 1. The first-order valence-corrected chi connectivity index (χ1v) is 12.4. The number of ether oxygens (including phenoxy) is 1. The summed E-state index contributed by atoms with van der Waals surface area (Å²) >= 11 is 7.46. The minimum absolute atomic E-state index is 0.0667. The number of aryl methyl sites for hydroxylation is 1. The first-order valence-electron chi connectivity index (χ1n) is 11.2. The van der Waals surface area contributed by atoms with Crippen molar-refractivity contribution < 1.29 is 14.3 Å².